The first-order valence-electron chi connectivity index (χ1n) is 9.21. The van der Waals surface area contributed by atoms with E-state index in [1.807, 2.05) is 0 Å². The van der Waals surface area contributed by atoms with Crippen LogP contribution in [0.5, 0.6) is 0 Å². The van der Waals surface area contributed by atoms with Crippen LogP contribution in [0.3, 0.4) is 0 Å². The molecule has 1 atom stereocenters. The molecular weight excluding hydrogens is 264 g/mol. The molecule has 0 heterocycles. The summed E-state index contributed by atoms with van der Waals surface area (Å²) >= 11 is 0. The molecule has 0 bridgehead atoms. The Labute approximate surface area is 132 Å². The zero-order valence-corrected chi connectivity index (χ0v) is 14.2. The fourth-order valence-electron chi connectivity index (χ4n) is 2.61. The summed E-state index contributed by atoms with van der Waals surface area (Å²) in [5.74, 6) is 0. The van der Waals surface area contributed by atoms with Crippen LogP contribution in [-0.2, 0) is 4.74 Å². The highest BCUT2D eigenvalue weighted by Gasteiger charge is 2.02. The van der Waals surface area contributed by atoms with Crippen molar-refractivity contribution in [3.05, 3.63) is 0 Å². The normalized spacial score (nSPS) is 12.7. The Bertz CT molecular complexity index is 185. The quantitative estimate of drug-likeness (QED) is 0.300. The van der Waals surface area contributed by atoms with Gasteiger partial charge in [-0.3, -0.25) is 0 Å². The number of aliphatic hydroxyl groups is 2. The van der Waals surface area contributed by atoms with Crippen molar-refractivity contribution in [2.75, 3.05) is 13.2 Å². The van der Waals surface area contributed by atoms with Crippen LogP contribution in [-0.4, -0.2) is 29.7 Å². The van der Waals surface area contributed by atoms with Gasteiger partial charge in [0, 0.05) is 0 Å². The summed E-state index contributed by atoms with van der Waals surface area (Å²) in [6, 6.07) is 0. The lowest BCUT2D eigenvalue weighted by Gasteiger charge is -2.10. The Kier molecular flexibility index (Phi) is 17.8. The van der Waals surface area contributed by atoms with Gasteiger partial charge in [-0.05, 0) is 12.8 Å². The van der Waals surface area contributed by atoms with E-state index in [-0.39, 0.29) is 13.2 Å². The van der Waals surface area contributed by atoms with Gasteiger partial charge < -0.3 is 14.9 Å². The summed E-state index contributed by atoms with van der Waals surface area (Å²) in [6.07, 6.45) is 17.4. The summed E-state index contributed by atoms with van der Waals surface area (Å²) in [5, 5.41) is 18.0. The topological polar surface area (TPSA) is 49.7 Å². The average molecular weight is 302 g/mol. The maximum Gasteiger partial charge on any atom is 0.154 e. The summed E-state index contributed by atoms with van der Waals surface area (Å²) in [6.45, 7) is 2.48. The molecule has 0 saturated heterocycles. The highest BCUT2D eigenvalue weighted by molar-refractivity contribution is 4.50. The Morgan fingerprint density at radius 1 is 0.714 bits per heavy atom. The third-order valence-electron chi connectivity index (χ3n) is 3.96. The van der Waals surface area contributed by atoms with Crippen LogP contribution in [0.15, 0.2) is 0 Å². The van der Waals surface area contributed by atoms with Crippen molar-refractivity contribution in [1.82, 2.24) is 0 Å². The highest BCUT2D eigenvalue weighted by atomic mass is 16.6. The maximum atomic E-state index is 9.42. The van der Waals surface area contributed by atoms with Crippen LogP contribution in [0, 0.1) is 0 Å². The second-order valence-electron chi connectivity index (χ2n) is 6.08. The minimum atomic E-state index is -0.690. The van der Waals surface area contributed by atoms with Crippen molar-refractivity contribution in [1.29, 1.82) is 0 Å². The van der Waals surface area contributed by atoms with Crippen LogP contribution in [0.25, 0.3) is 0 Å². The second-order valence-corrected chi connectivity index (χ2v) is 6.08. The lowest BCUT2D eigenvalue weighted by molar-refractivity contribution is -0.111. The second kappa shape index (κ2) is 17.9. The fraction of sp³-hybridized carbons (Fsp3) is 1.00. The van der Waals surface area contributed by atoms with Crippen LogP contribution < -0.4 is 0 Å². The molecule has 3 nitrogen and oxygen atoms in total. The van der Waals surface area contributed by atoms with E-state index in [4.69, 9.17) is 9.84 Å². The first-order chi connectivity index (χ1) is 10.3. The molecular formula is C18H38O3. The van der Waals surface area contributed by atoms with Crippen molar-refractivity contribution in [2.45, 2.75) is 103 Å². The third-order valence-corrected chi connectivity index (χ3v) is 3.96. The van der Waals surface area contributed by atoms with E-state index >= 15 is 0 Å². The molecule has 0 fully saturated rings. The smallest absolute Gasteiger partial charge is 0.154 e. The van der Waals surface area contributed by atoms with Crippen molar-refractivity contribution in [2.24, 2.45) is 0 Å². The molecule has 0 rings (SSSR count). The van der Waals surface area contributed by atoms with Gasteiger partial charge in [0.2, 0.25) is 0 Å². The Morgan fingerprint density at radius 3 is 1.57 bits per heavy atom. The van der Waals surface area contributed by atoms with E-state index in [1.165, 1.54) is 77.0 Å². The summed E-state index contributed by atoms with van der Waals surface area (Å²) in [5.41, 5.74) is 0. The van der Waals surface area contributed by atoms with E-state index in [2.05, 4.69) is 6.92 Å². The van der Waals surface area contributed by atoms with Crippen LogP contribution in [0.1, 0.15) is 96.8 Å². The van der Waals surface area contributed by atoms with E-state index in [0.717, 1.165) is 6.42 Å². The van der Waals surface area contributed by atoms with Crippen LogP contribution >= 0.6 is 0 Å². The predicted octanol–water partition coefficient (Wildman–Crippen LogP) is 4.80. The number of rotatable bonds is 17. The van der Waals surface area contributed by atoms with Crippen molar-refractivity contribution >= 4 is 0 Å². The Morgan fingerprint density at radius 2 is 1.14 bits per heavy atom. The molecule has 0 aromatic carbocycles. The molecule has 0 aliphatic heterocycles. The van der Waals surface area contributed by atoms with Gasteiger partial charge in [0.15, 0.2) is 6.29 Å². The molecule has 3 heteroatoms. The average Bonchev–Trinajstić information content (AvgIpc) is 2.49. The highest BCUT2D eigenvalue weighted by Crippen LogP contribution is 2.13. The third kappa shape index (κ3) is 17.8. The molecule has 1 unspecified atom stereocenters. The molecule has 0 spiro atoms. The van der Waals surface area contributed by atoms with E-state index in [9.17, 15) is 5.11 Å². The summed E-state index contributed by atoms with van der Waals surface area (Å²) in [4.78, 5) is 0. The summed E-state index contributed by atoms with van der Waals surface area (Å²) < 4.78 is 5.00. The molecule has 0 aromatic rings. The lowest BCUT2D eigenvalue weighted by Crippen LogP contribution is -2.14. The Hall–Kier alpha value is -0.120. The monoisotopic (exact) mass is 302 g/mol. The largest absolute Gasteiger partial charge is 0.394 e. The number of hydrogen-bond donors (Lipinski definition) is 2. The van der Waals surface area contributed by atoms with Gasteiger partial charge in [-0.25, -0.2) is 0 Å². The van der Waals surface area contributed by atoms with E-state index in [1.54, 1.807) is 0 Å². The first kappa shape index (κ1) is 20.9. The zero-order valence-electron chi connectivity index (χ0n) is 14.2. The van der Waals surface area contributed by atoms with Gasteiger partial charge in [-0.1, -0.05) is 84.0 Å². The predicted molar refractivity (Wildman–Crippen MR) is 89.4 cm³/mol. The fourth-order valence-corrected chi connectivity index (χ4v) is 2.61. The van der Waals surface area contributed by atoms with Gasteiger partial charge in [0.1, 0.15) is 0 Å². The molecule has 0 aliphatic carbocycles. The lowest BCUT2D eigenvalue weighted by atomic mass is 10.0. The number of hydrogen-bond acceptors (Lipinski definition) is 3. The molecule has 0 amide bonds. The van der Waals surface area contributed by atoms with Gasteiger partial charge in [0.25, 0.3) is 0 Å². The van der Waals surface area contributed by atoms with Crippen LogP contribution in [0.2, 0.25) is 0 Å². The zero-order chi connectivity index (χ0) is 15.6. The molecule has 2 N–H and O–H groups in total. The SMILES string of the molecule is CCCCCCCCCCCCCCCC(O)OCCO. The standard InChI is InChI=1S/C18H38O3/c1-2-3-4-5-6-7-8-9-10-11-12-13-14-15-18(20)21-17-16-19/h18-20H,2-17H2,1H3. The van der Waals surface area contributed by atoms with E-state index < -0.39 is 6.29 Å². The molecule has 21 heavy (non-hydrogen) atoms. The molecule has 0 aromatic heterocycles. The molecule has 0 saturated carbocycles. The van der Waals surface area contributed by atoms with Crippen LogP contribution in [0.4, 0.5) is 0 Å². The minimum absolute atomic E-state index is 0.0182. The first-order valence-corrected chi connectivity index (χ1v) is 9.21. The van der Waals surface area contributed by atoms with Gasteiger partial charge >= 0.3 is 0 Å². The maximum absolute atomic E-state index is 9.42. The van der Waals surface area contributed by atoms with Crippen molar-refractivity contribution in [3.63, 3.8) is 0 Å². The number of aliphatic hydroxyl groups excluding tert-OH is 2. The Balaban J connectivity index is 3.02. The van der Waals surface area contributed by atoms with Crippen molar-refractivity contribution < 1.29 is 14.9 Å². The molecule has 0 radical (unpaired) electrons. The van der Waals surface area contributed by atoms with Gasteiger partial charge in [0.05, 0.1) is 13.2 Å². The minimum Gasteiger partial charge on any atom is -0.394 e. The number of unbranched alkanes of at least 4 members (excludes halogenated alkanes) is 12. The molecule has 128 valence electrons. The van der Waals surface area contributed by atoms with Crippen molar-refractivity contribution in [3.8, 4) is 0 Å². The van der Waals surface area contributed by atoms with Gasteiger partial charge in [-0.15, -0.1) is 0 Å². The van der Waals surface area contributed by atoms with E-state index in [0.29, 0.717) is 6.42 Å². The van der Waals surface area contributed by atoms with Gasteiger partial charge in [-0.2, -0.15) is 0 Å². The summed E-state index contributed by atoms with van der Waals surface area (Å²) in [7, 11) is 0. The molecule has 0 aliphatic rings. The number of ether oxygens (including phenoxy) is 1.